The number of para-hydroxylation sites is 2. The minimum Gasteiger partial charge on any atom is -0.456 e. The van der Waals surface area contributed by atoms with Crippen molar-refractivity contribution in [1.82, 2.24) is 19.8 Å². The summed E-state index contributed by atoms with van der Waals surface area (Å²) in [7, 11) is 0. The monoisotopic (exact) mass is 390 g/mol. The molecule has 0 fully saturated rings. The van der Waals surface area contributed by atoms with Crippen LogP contribution in [0.5, 0.6) is 0 Å². The first-order valence-corrected chi connectivity index (χ1v) is 9.27. The first-order valence-electron chi connectivity index (χ1n) is 9.27. The Balaban J connectivity index is 1.93. The molecule has 3 amide bonds. The van der Waals surface area contributed by atoms with Crippen molar-refractivity contribution >= 4 is 28.9 Å². The highest BCUT2D eigenvalue weighted by Gasteiger charge is 2.15. The second-order valence-electron chi connectivity index (χ2n) is 6.66. The molecule has 1 heterocycles. The van der Waals surface area contributed by atoms with Crippen LogP contribution in [0.3, 0.4) is 0 Å². The van der Waals surface area contributed by atoms with Gasteiger partial charge >= 0.3 is 17.7 Å². The Morgan fingerprint density at radius 1 is 1.07 bits per heavy atom. The maximum absolute atomic E-state index is 12.6. The van der Waals surface area contributed by atoms with Gasteiger partial charge in [0, 0.05) is 19.1 Å². The van der Waals surface area contributed by atoms with Gasteiger partial charge in [0.25, 0.3) is 5.91 Å². The molecule has 28 heavy (non-hydrogen) atoms. The van der Waals surface area contributed by atoms with Gasteiger partial charge in [-0.25, -0.2) is 9.59 Å². The lowest BCUT2D eigenvalue weighted by Gasteiger charge is -2.09. The number of urea groups is 1. The third-order valence-corrected chi connectivity index (χ3v) is 3.95. The third-order valence-electron chi connectivity index (χ3n) is 3.95. The number of aryl methyl sites for hydroxylation is 2. The van der Waals surface area contributed by atoms with Crippen molar-refractivity contribution in [2.24, 2.45) is 0 Å². The highest BCUT2D eigenvalue weighted by Crippen LogP contribution is 2.13. The second-order valence-corrected chi connectivity index (χ2v) is 6.66. The summed E-state index contributed by atoms with van der Waals surface area (Å²) in [6, 6.07) is 6.62. The minimum absolute atomic E-state index is 0.0640. The molecule has 152 valence electrons. The fourth-order valence-electron chi connectivity index (χ4n) is 2.81. The SMILES string of the molecule is CCCn1c(=O)n(CCC(=O)OCC(=O)NC(=O)NC(C)C)c2ccccc21. The lowest BCUT2D eigenvalue weighted by molar-refractivity contribution is -0.148. The van der Waals surface area contributed by atoms with Crippen molar-refractivity contribution in [2.45, 2.75) is 52.7 Å². The number of hydrogen-bond donors (Lipinski definition) is 2. The van der Waals surface area contributed by atoms with Gasteiger partial charge in [-0.15, -0.1) is 0 Å². The number of nitrogens with one attached hydrogen (secondary N) is 2. The molecule has 0 radical (unpaired) electrons. The van der Waals surface area contributed by atoms with Crippen LogP contribution in [0.15, 0.2) is 29.1 Å². The highest BCUT2D eigenvalue weighted by atomic mass is 16.5. The summed E-state index contributed by atoms with van der Waals surface area (Å²) in [5.41, 5.74) is 1.38. The maximum atomic E-state index is 12.6. The summed E-state index contributed by atoms with van der Waals surface area (Å²) in [6.07, 6.45) is 0.751. The zero-order valence-electron chi connectivity index (χ0n) is 16.4. The number of nitrogens with zero attached hydrogens (tertiary/aromatic N) is 2. The Morgan fingerprint density at radius 3 is 2.25 bits per heavy atom. The Morgan fingerprint density at radius 2 is 1.68 bits per heavy atom. The van der Waals surface area contributed by atoms with Crippen LogP contribution >= 0.6 is 0 Å². The molecular formula is C19H26N4O5. The van der Waals surface area contributed by atoms with Crippen molar-refractivity contribution in [1.29, 1.82) is 0 Å². The molecule has 0 saturated heterocycles. The van der Waals surface area contributed by atoms with Gasteiger partial charge in [0.05, 0.1) is 17.5 Å². The average Bonchev–Trinajstić information content (AvgIpc) is 2.89. The van der Waals surface area contributed by atoms with Crippen molar-refractivity contribution in [3.8, 4) is 0 Å². The summed E-state index contributed by atoms with van der Waals surface area (Å²) in [5.74, 6) is -1.35. The number of benzene rings is 1. The highest BCUT2D eigenvalue weighted by molar-refractivity contribution is 5.95. The van der Waals surface area contributed by atoms with E-state index in [0.717, 1.165) is 17.5 Å². The van der Waals surface area contributed by atoms with E-state index in [1.54, 1.807) is 18.4 Å². The van der Waals surface area contributed by atoms with Gasteiger partial charge in [-0.2, -0.15) is 0 Å². The van der Waals surface area contributed by atoms with Gasteiger partial charge in [0.15, 0.2) is 6.61 Å². The predicted molar refractivity (Wildman–Crippen MR) is 104 cm³/mol. The molecule has 2 rings (SSSR count). The van der Waals surface area contributed by atoms with E-state index in [9.17, 15) is 19.2 Å². The number of ether oxygens (including phenoxy) is 1. The molecular weight excluding hydrogens is 364 g/mol. The molecule has 9 nitrogen and oxygen atoms in total. The second kappa shape index (κ2) is 9.72. The van der Waals surface area contributed by atoms with Crippen LogP contribution in [0.4, 0.5) is 4.79 Å². The predicted octanol–water partition coefficient (Wildman–Crippen LogP) is 1.38. The fourth-order valence-corrected chi connectivity index (χ4v) is 2.81. The Bertz CT molecular complexity index is 913. The molecule has 0 atom stereocenters. The summed E-state index contributed by atoms with van der Waals surface area (Å²) >= 11 is 0. The first kappa shape index (κ1) is 21.2. The summed E-state index contributed by atoms with van der Waals surface area (Å²) < 4.78 is 8.10. The first-order chi connectivity index (χ1) is 13.3. The van der Waals surface area contributed by atoms with Crippen LogP contribution in [0.1, 0.15) is 33.6 Å². The molecule has 0 bridgehead atoms. The molecule has 1 aromatic carbocycles. The molecule has 0 spiro atoms. The smallest absolute Gasteiger partial charge is 0.329 e. The van der Waals surface area contributed by atoms with E-state index in [2.05, 4.69) is 10.6 Å². The Kier molecular flexibility index (Phi) is 7.36. The van der Waals surface area contributed by atoms with E-state index in [1.807, 2.05) is 31.2 Å². The van der Waals surface area contributed by atoms with Crippen LogP contribution in [-0.4, -0.2) is 39.7 Å². The zero-order chi connectivity index (χ0) is 20.7. The summed E-state index contributed by atoms with van der Waals surface area (Å²) in [5, 5.41) is 4.56. The molecule has 0 aliphatic rings. The molecule has 0 unspecified atom stereocenters. The number of imidazole rings is 1. The van der Waals surface area contributed by atoms with Crippen molar-refractivity contribution in [3.63, 3.8) is 0 Å². The van der Waals surface area contributed by atoms with Crippen molar-refractivity contribution < 1.29 is 19.1 Å². The molecule has 0 aliphatic carbocycles. The number of esters is 1. The van der Waals surface area contributed by atoms with Gasteiger partial charge in [-0.05, 0) is 32.4 Å². The van der Waals surface area contributed by atoms with Crippen molar-refractivity contribution in [2.75, 3.05) is 6.61 Å². The molecule has 2 aromatic rings. The van der Waals surface area contributed by atoms with Gasteiger partial charge in [-0.3, -0.25) is 24.0 Å². The Labute approximate surface area is 162 Å². The van der Waals surface area contributed by atoms with E-state index in [0.29, 0.717) is 6.54 Å². The van der Waals surface area contributed by atoms with Crippen LogP contribution in [0.2, 0.25) is 0 Å². The fraction of sp³-hybridized carbons (Fsp3) is 0.474. The standard InChI is InChI=1S/C19H26N4O5/c1-4-10-22-14-7-5-6-8-15(14)23(19(22)27)11-9-17(25)28-12-16(24)21-18(26)20-13(2)3/h5-8,13H,4,9-12H2,1-3H3,(H2,20,21,24,26). The van der Waals surface area contributed by atoms with Crippen LogP contribution < -0.4 is 16.3 Å². The maximum Gasteiger partial charge on any atom is 0.329 e. The lowest BCUT2D eigenvalue weighted by atomic mass is 10.3. The third kappa shape index (κ3) is 5.45. The molecule has 0 aliphatic heterocycles. The number of fused-ring (bicyclic) bond motifs is 1. The number of rotatable bonds is 8. The Hall–Kier alpha value is -3.10. The van der Waals surface area contributed by atoms with Gasteiger partial charge < -0.3 is 10.1 Å². The van der Waals surface area contributed by atoms with E-state index in [-0.39, 0.29) is 24.7 Å². The van der Waals surface area contributed by atoms with Gasteiger partial charge in [-0.1, -0.05) is 19.1 Å². The van der Waals surface area contributed by atoms with E-state index < -0.39 is 24.5 Å². The number of amides is 3. The summed E-state index contributed by atoms with van der Waals surface area (Å²) in [6.45, 7) is 5.67. The molecule has 2 N–H and O–H groups in total. The van der Waals surface area contributed by atoms with Crippen LogP contribution in [-0.2, 0) is 27.4 Å². The number of carbonyl (C=O) groups excluding carboxylic acids is 3. The van der Waals surface area contributed by atoms with E-state index >= 15 is 0 Å². The number of carbonyl (C=O) groups is 3. The van der Waals surface area contributed by atoms with Crippen LogP contribution in [0.25, 0.3) is 11.0 Å². The van der Waals surface area contributed by atoms with E-state index in [1.165, 1.54) is 4.57 Å². The van der Waals surface area contributed by atoms with Crippen molar-refractivity contribution in [3.05, 3.63) is 34.7 Å². The normalized spacial score (nSPS) is 10.9. The number of imide groups is 1. The minimum atomic E-state index is -0.719. The summed E-state index contributed by atoms with van der Waals surface area (Å²) in [4.78, 5) is 47.6. The van der Waals surface area contributed by atoms with E-state index in [4.69, 9.17) is 4.74 Å². The van der Waals surface area contributed by atoms with Gasteiger partial charge in [0.2, 0.25) is 0 Å². The number of hydrogen-bond acceptors (Lipinski definition) is 5. The molecule has 9 heteroatoms. The number of aromatic nitrogens is 2. The quantitative estimate of drug-likeness (QED) is 0.662. The molecule has 1 aromatic heterocycles. The largest absolute Gasteiger partial charge is 0.456 e. The zero-order valence-corrected chi connectivity index (χ0v) is 16.4. The molecule has 0 saturated carbocycles. The lowest BCUT2D eigenvalue weighted by Crippen LogP contribution is -2.44. The topological polar surface area (TPSA) is 111 Å². The van der Waals surface area contributed by atoms with Gasteiger partial charge in [0.1, 0.15) is 0 Å². The average molecular weight is 390 g/mol. The van der Waals surface area contributed by atoms with Crippen LogP contribution in [0, 0.1) is 0 Å².